The number of nitrogens with one attached hydrogen (secondary N) is 3. The Bertz CT molecular complexity index is 1020. The van der Waals surface area contributed by atoms with Crippen molar-refractivity contribution in [3.63, 3.8) is 0 Å². The van der Waals surface area contributed by atoms with Crippen molar-refractivity contribution in [2.75, 3.05) is 6.54 Å². The van der Waals surface area contributed by atoms with Crippen LogP contribution in [0.25, 0.3) is 0 Å². The van der Waals surface area contributed by atoms with E-state index in [-0.39, 0.29) is 19.0 Å². The number of hydrazine groups is 1. The lowest BCUT2D eigenvalue weighted by molar-refractivity contribution is -0.128. The number of imide groups is 1. The molecular formula is C25H33N5O6. The lowest BCUT2D eigenvalue weighted by Gasteiger charge is -2.32. The fourth-order valence-electron chi connectivity index (χ4n) is 3.41. The van der Waals surface area contributed by atoms with E-state index in [4.69, 9.17) is 10.8 Å². The van der Waals surface area contributed by atoms with Gasteiger partial charge in [-0.3, -0.25) is 25.1 Å². The largest absolute Gasteiger partial charge is 0.464 e. The van der Waals surface area contributed by atoms with E-state index >= 15 is 0 Å². The van der Waals surface area contributed by atoms with Crippen LogP contribution >= 0.6 is 0 Å². The molecule has 0 aliphatic carbocycles. The third-order valence-corrected chi connectivity index (χ3v) is 5.37. The van der Waals surface area contributed by atoms with Gasteiger partial charge in [0.25, 0.3) is 5.91 Å². The average molecular weight is 500 g/mol. The van der Waals surface area contributed by atoms with Crippen LogP contribution in [-0.4, -0.2) is 69.8 Å². The van der Waals surface area contributed by atoms with Gasteiger partial charge >= 0.3 is 6.09 Å². The summed E-state index contributed by atoms with van der Waals surface area (Å²) < 4.78 is 0. The molecule has 0 saturated carbocycles. The summed E-state index contributed by atoms with van der Waals surface area (Å²) in [5.41, 5.74) is 9.27. The van der Waals surface area contributed by atoms with Crippen molar-refractivity contribution in [2.45, 2.75) is 50.9 Å². The van der Waals surface area contributed by atoms with Gasteiger partial charge in [-0.2, -0.15) is 0 Å². The number of hydrogen-bond donors (Lipinski definition) is 6. The van der Waals surface area contributed by atoms with Gasteiger partial charge in [-0.05, 0) is 38.0 Å². The Morgan fingerprint density at radius 2 is 1.56 bits per heavy atom. The molecule has 0 saturated heterocycles. The molecule has 3 atom stereocenters. The standard InChI is InChI=1S/C25H33N5O6/c1-16(2)30(29-25(35)36)15-21(31)20(13-17-9-5-3-6-10-17)27-24(34)19(26)14-22(32)28-23(33)18-11-7-4-8-12-18/h3-12,16,19-21,29,31H,13-15,26H2,1-2H3,(H,27,34)(H,35,36)(H,28,32,33)/t19-,20-,21-/m0/s1. The van der Waals surface area contributed by atoms with Crippen molar-refractivity contribution >= 4 is 23.8 Å². The Morgan fingerprint density at radius 3 is 2.11 bits per heavy atom. The first-order valence-electron chi connectivity index (χ1n) is 11.5. The summed E-state index contributed by atoms with van der Waals surface area (Å²) >= 11 is 0. The zero-order valence-corrected chi connectivity index (χ0v) is 20.3. The average Bonchev–Trinajstić information content (AvgIpc) is 2.83. The van der Waals surface area contributed by atoms with Gasteiger partial charge in [0, 0.05) is 18.2 Å². The number of rotatable bonds is 12. The zero-order valence-electron chi connectivity index (χ0n) is 20.3. The summed E-state index contributed by atoms with van der Waals surface area (Å²) in [4.78, 5) is 48.3. The Morgan fingerprint density at radius 1 is 0.972 bits per heavy atom. The highest BCUT2D eigenvalue weighted by Gasteiger charge is 2.28. The van der Waals surface area contributed by atoms with E-state index in [2.05, 4.69) is 16.1 Å². The molecule has 2 aromatic carbocycles. The van der Waals surface area contributed by atoms with E-state index < -0.39 is 48.4 Å². The minimum atomic E-state index is -1.28. The summed E-state index contributed by atoms with van der Waals surface area (Å²) in [6, 6.07) is 14.9. The number of carbonyl (C=O) groups is 4. The van der Waals surface area contributed by atoms with Crippen molar-refractivity contribution in [3.8, 4) is 0 Å². The molecular weight excluding hydrogens is 466 g/mol. The number of benzene rings is 2. The monoisotopic (exact) mass is 499 g/mol. The lowest BCUT2D eigenvalue weighted by atomic mass is 10.00. The first kappa shape index (κ1) is 28.4. The molecule has 7 N–H and O–H groups in total. The number of aliphatic hydroxyl groups excluding tert-OH is 1. The molecule has 2 rings (SSSR count). The molecule has 0 bridgehead atoms. The number of nitrogens with two attached hydrogens (primary N) is 1. The Kier molecular flexibility index (Phi) is 11.0. The maximum atomic E-state index is 12.8. The van der Waals surface area contributed by atoms with Crippen LogP contribution in [-0.2, 0) is 16.0 Å². The van der Waals surface area contributed by atoms with E-state index in [9.17, 15) is 24.3 Å². The summed E-state index contributed by atoms with van der Waals surface area (Å²) in [6.45, 7) is 3.39. The number of amides is 4. The predicted octanol–water partition coefficient (Wildman–Crippen LogP) is 0.642. The van der Waals surface area contributed by atoms with Gasteiger partial charge in [0.1, 0.15) is 0 Å². The van der Waals surface area contributed by atoms with E-state index in [1.807, 2.05) is 30.3 Å². The van der Waals surface area contributed by atoms with Gasteiger partial charge in [0.15, 0.2) is 0 Å². The molecule has 0 aliphatic heterocycles. The predicted molar refractivity (Wildman–Crippen MR) is 133 cm³/mol. The number of carboxylic acid groups (broad SMARTS) is 1. The smallest absolute Gasteiger partial charge is 0.419 e. The Labute approximate surface area is 209 Å². The van der Waals surface area contributed by atoms with Crippen molar-refractivity contribution in [3.05, 3.63) is 71.8 Å². The summed E-state index contributed by atoms with van der Waals surface area (Å²) in [6.07, 6.45) is -2.67. The number of aliphatic hydroxyl groups is 1. The van der Waals surface area contributed by atoms with Crippen LogP contribution < -0.4 is 21.8 Å². The Balaban J connectivity index is 2.05. The fourth-order valence-corrected chi connectivity index (χ4v) is 3.41. The molecule has 0 aliphatic rings. The Hall–Kier alpha value is -3.80. The van der Waals surface area contributed by atoms with Gasteiger partial charge in [0.05, 0.1) is 24.6 Å². The van der Waals surface area contributed by atoms with E-state index in [1.54, 1.807) is 44.2 Å². The van der Waals surface area contributed by atoms with Crippen LogP contribution in [0, 0.1) is 0 Å². The summed E-state index contributed by atoms with van der Waals surface area (Å²) in [5, 5.41) is 26.2. The van der Waals surface area contributed by atoms with Crippen LogP contribution in [0.15, 0.2) is 60.7 Å². The first-order chi connectivity index (χ1) is 17.1. The van der Waals surface area contributed by atoms with Crippen LogP contribution in [0.5, 0.6) is 0 Å². The van der Waals surface area contributed by atoms with Gasteiger partial charge in [-0.1, -0.05) is 48.5 Å². The van der Waals surface area contributed by atoms with Crippen molar-refractivity contribution < 1.29 is 29.4 Å². The van der Waals surface area contributed by atoms with Gasteiger partial charge < -0.3 is 21.3 Å². The van der Waals surface area contributed by atoms with Gasteiger partial charge in [-0.25, -0.2) is 9.80 Å². The second-order valence-electron chi connectivity index (χ2n) is 8.59. The highest BCUT2D eigenvalue weighted by molar-refractivity contribution is 6.05. The number of nitrogens with zero attached hydrogens (tertiary/aromatic N) is 1. The van der Waals surface area contributed by atoms with Crippen LogP contribution in [0.1, 0.15) is 36.2 Å². The third-order valence-electron chi connectivity index (χ3n) is 5.37. The minimum Gasteiger partial charge on any atom is -0.464 e. The van der Waals surface area contributed by atoms with Crippen LogP contribution in [0.4, 0.5) is 4.79 Å². The molecule has 11 nitrogen and oxygen atoms in total. The third kappa shape index (κ3) is 9.45. The second kappa shape index (κ2) is 13.9. The molecule has 11 heteroatoms. The second-order valence-corrected chi connectivity index (χ2v) is 8.59. The topological polar surface area (TPSA) is 174 Å². The van der Waals surface area contributed by atoms with E-state index in [0.29, 0.717) is 5.56 Å². The van der Waals surface area contributed by atoms with E-state index in [0.717, 1.165) is 5.56 Å². The van der Waals surface area contributed by atoms with E-state index in [1.165, 1.54) is 5.01 Å². The quantitative estimate of drug-likeness (QED) is 0.231. The van der Waals surface area contributed by atoms with Crippen molar-refractivity contribution in [1.82, 2.24) is 21.1 Å². The molecule has 0 radical (unpaired) electrons. The van der Waals surface area contributed by atoms with Gasteiger partial charge in [-0.15, -0.1) is 0 Å². The summed E-state index contributed by atoms with van der Waals surface area (Å²) in [7, 11) is 0. The highest BCUT2D eigenvalue weighted by atomic mass is 16.4. The lowest BCUT2D eigenvalue weighted by Crippen LogP contribution is -2.57. The summed E-state index contributed by atoms with van der Waals surface area (Å²) in [5.74, 6) is -2.02. The normalized spacial score (nSPS) is 13.5. The van der Waals surface area contributed by atoms with Crippen molar-refractivity contribution in [1.29, 1.82) is 0 Å². The molecule has 4 amide bonds. The molecule has 0 unspecified atom stereocenters. The number of hydrogen-bond acceptors (Lipinski definition) is 7. The van der Waals surface area contributed by atoms with Crippen LogP contribution in [0.2, 0.25) is 0 Å². The highest BCUT2D eigenvalue weighted by Crippen LogP contribution is 2.10. The van der Waals surface area contributed by atoms with Gasteiger partial charge in [0.2, 0.25) is 11.8 Å². The first-order valence-corrected chi connectivity index (χ1v) is 11.5. The van der Waals surface area contributed by atoms with Crippen LogP contribution in [0.3, 0.4) is 0 Å². The zero-order chi connectivity index (χ0) is 26.7. The maximum Gasteiger partial charge on any atom is 0.419 e. The molecule has 0 fully saturated rings. The molecule has 2 aromatic rings. The molecule has 0 spiro atoms. The fraction of sp³-hybridized carbons (Fsp3) is 0.360. The molecule has 194 valence electrons. The maximum absolute atomic E-state index is 12.8. The molecule has 0 aromatic heterocycles. The molecule has 0 heterocycles. The number of carbonyl (C=O) groups excluding carboxylic acids is 3. The SMILES string of the molecule is CC(C)N(C[C@H](O)[C@H](Cc1ccccc1)NC(=O)[C@@H](N)CC(=O)NC(=O)c1ccccc1)NC(=O)O. The molecule has 36 heavy (non-hydrogen) atoms. The van der Waals surface area contributed by atoms with Crippen molar-refractivity contribution in [2.24, 2.45) is 5.73 Å². The minimum absolute atomic E-state index is 0.108.